The van der Waals surface area contributed by atoms with Gasteiger partial charge in [0.15, 0.2) is 5.16 Å². The SMILES string of the molecule is Cc1cnc(Sc2ccc(C(C)N)cc2F)nc1. The largest absolute Gasteiger partial charge is 0.324 e. The number of nitrogens with zero attached hydrogens (tertiary/aromatic N) is 2. The first-order chi connectivity index (χ1) is 8.56. The predicted molar refractivity (Wildman–Crippen MR) is 69.9 cm³/mol. The summed E-state index contributed by atoms with van der Waals surface area (Å²) in [6.45, 7) is 3.73. The third-order valence-corrected chi connectivity index (χ3v) is 3.38. The fraction of sp³-hybridized carbons (Fsp3) is 0.231. The number of rotatable bonds is 3. The molecule has 2 rings (SSSR count). The summed E-state index contributed by atoms with van der Waals surface area (Å²) in [5, 5.41) is 0.535. The molecule has 0 saturated heterocycles. The molecule has 5 heteroatoms. The van der Waals surface area contributed by atoms with Gasteiger partial charge in [0.05, 0.1) is 4.90 Å². The standard InChI is InChI=1S/C13H14FN3S/c1-8-6-16-13(17-7-8)18-12-4-3-10(9(2)15)5-11(12)14/h3-7,9H,15H2,1-2H3. The van der Waals surface area contributed by atoms with Gasteiger partial charge >= 0.3 is 0 Å². The normalized spacial score (nSPS) is 12.4. The van der Waals surface area contributed by atoms with Gasteiger partial charge in [-0.15, -0.1) is 0 Å². The average Bonchev–Trinajstić information content (AvgIpc) is 2.34. The molecule has 18 heavy (non-hydrogen) atoms. The van der Waals surface area contributed by atoms with E-state index >= 15 is 0 Å². The van der Waals surface area contributed by atoms with Crippen LogP contribution in [-0.4, -0.2) is 9.97 Å². The molecule has 0 bridgehead atoms. The van der Waals surface area contributed by atoms with E-state index in [1.807, 2.05) is 19.9 Å². The summed E-state index contributed by atoms with van der Waals surface area (Å²) >= 11 is 1.21. The Bertz CT molecular complexity index is 540. The summed E-state index contributed by atoms with van der Waals surface area (Å²) in [7, 11) is 0. The molecule has 1 heterocycles. The molecule has 0 amide bonds. The van der Waals surface area contributed by atoms with E-state index < -0.39 is 0 Å². The quantitative estimate of drug-likeness (QED) is 0.865. The second-order valence-electron chi connectivity index (χ2n) is 4.12. The van der Waals surface area contributed by atoms with E-state index in [4.69, 9.17) is 5.73 Å². The van der Waals surface area contributed by atoms with Crippen molar-refractivity contribution in [3.05, 3.63) is 47.5 Å². The highest BCUT2D eigenvalue weighted by atomic mass is 32.2. The lowest BCUT2D eigenvalue weighted by molar-refractivity contribution is 0.596. The van der Waals surface area contributed by atoms with E-state index in [0.717, 1.165) is 11.1 Å². The monoisotopic (exact) mass is 263 g/mol. The lowest BCUT2D eigenvalue weighted by atomic mass is 10.1. The van der Waals surface area contributed by atoms with Crippen molar-refractivity contribution in [2.24, 2.45) is 5.73 Å². The molecule has 1 atom stereocenters. The van der Waals surface area contributed by atoms with Gasteiger partial charge in [-0.3, -0.25) is 0 Å². The Hall–Kier alpha value is -1.46. The van der Waals surface area contributed by atoms with Gasteiger partial charge in [0.2, 0.25) is 0 Å². The van der Waals surface area contributed by atoms with Gasteiger partial charge in [0.25, 0.3) is 0 Å². The molecule has 0 aliphatic rings. The van der Waals surface area contributed by atoms with Gasteiger partial charge in [0.1, 0.15) is 5.82 Å². The summed E-state index contributed by atoms with van der Waals surface area (Å²) in [4.78, 5) is 8.77. The molecule has 1 aromatic heterocycles. The van der Waals surface area contributed by atoms with Gasteiger partial charge < -0.3 is 5.73 Å². The van der Waals surface area contributed by atoms with E-state index in [9.17, 15) is 4.39 Å². The minimum atomic E-state index is -0.293. The van der Waals surface area contributed by atoms with Gasteiger partial charge in [-0.05, 0) is 48.9 Å². The van der Waals surface area contributed by atoms with Crippen LogP contribution >= 0.6 is 11.8 Å². The minimum Gasteiger partial charge on any atom is -0.324 e. The van der Waals surface area contributed by atoms with Crippen molar-refractivity contribution >= 4 is 11.8 Å². The van der Waals surface area contributed by atoms with Gasteiger partial charge in [-0.2, -0.15) is 0 Å². The summed E-state index contributed by atoms with van der Waals surface area (Å²) in [5.41, 5.74) is 7.46. The lowest BCUT2D eigenvalue weighted by Gasteiger charge is -2.07. The first kappa shape index (κ1) is 13.0. The maximum Gasteiger partial charge on any atom is 0.192 e. The molecule has 94 valence electrons. The molecule has 0 fully saturated rings. The number of nitrogens with two attached hydrogens (primary N) is 1. The molecule has 0 saturated carbocycles. The van der Waals surface area contributed by atoms with E-state index in [1.165, 1.54) is 17.8 Å². The predicted octanol–water partition coefficient (Wildman–Crippen LogP) is 3.10. The highest BCUT2D eigenvalue weighted by Crippen LogP contribution is 2.28. The van der Waals surface area contributed by atoms with E-state index in [0.29, 0.717) is 10.1 Å². The van der Waals surface area contributed by atoms with Crippen LogP contribution in [0.3, 0.4) is 0 Å². The van der Waals surface area contributed by atoms with Crippen LogP contribution in [0.5, 0.6) is 0 Å². The summed E-state index contributed by atoms with van der Waals surface area (Å²) < 4.78 is 13.8. The van der Waals surface area contributed by atoms with Crippen LogP contribution in [0.15, 0.2) is 40.6 Å². The molecule has 1 aromatic carbocycles. The first-order valence-electron chi connectivity index (χ1n) is 5.58. The molecule has 2 N–H and O–H groups in total. The third-order valence-electron chi connectivity index (χ3n) is 2.44. The zero-order chi connectivity index (χ0) is 13.1. The summed E-state index contributed by atoms with van der Waals surface area (Å²) in [6, 6.07) is 4.82. The number of halogens is 1. The van der Waals surface area contributed by atoms with Crippen molar-refractivity contribution in [2.75, 3.05) is 0 Å². The Labute approximate surface area is 110 Å². The van der Waals surface area contributed by atoms with Crippen LogP contribution in [0.4, 0.5) is 4.39 Å². The Morgan fingerprint density at radius 1 is 1.28 bits per heavy atom. The number of hydrogen-bond donors (Lipinski definition) is 1. The Morgan fingerprint density at radius 2 is 1.94 bits per heavy atom. The zero-order valence-corrected chi connectivity index (χ0v) is 11.0. The maximum absolute atomic E-state index is 13.8. The molecule has 0 spiro atoms. The van der Waals surface area contributed by atoms with Crippen LogP contribution in [0.1, 0.15) is 24.1 Å². The smallest absolute Gasteiger partial charge is 0.192 e. The highest BCUT2D eigenvalue weighted by molar-refractivity contribution is 7.99. The number of benzene rings is 1. The maximum atomic E-state index is 13.8. The van der Waals surface area contributed by atoms with Crippen LogP contribution in [-0.2, 0) is 0 Å². The molecule has 0 aliphatic heterocycles. The van der Waals surface area contributed by atoms with Gasteiger partial charge in [-0.25, -0.2) is 14.4 Å². The Kier molecular flexibility index (Phi) is 3.93. The van der Waals surface area contributed by atoms with Crippen molar-refractivity contribution in [1.29, 1.82) is 0 Å². The molecule has 0 radical (unpaired) electrons. The van der Waals surface area contributed by atoms with E-state index in [1.54, 1.807) is 18.5 Å². The summed E-state index contributed by atoms with van der Waals surface area (Å²) in [5.74, 6) is -0.293. The van der Waals surface area contributed by atoms with Crippen molar-refractivity contribution in [2.45, 2.75) is 29.9 Å². The summed E-state index contributed by atoms with van der Waals surface area (Å²) in [6.07, 6.45) is 3.42. The van der Waals surface area contributed by atoms with Crippen molar-refractivity contribution in [3.63, 3.8) is 0 Å². The van der Waals surface area contributed by atoms with Crippen LogP contribution < -0.4 is 5.73 Å². The number of hydrogen-bond acceptors (Lipinski definition) is 4. The van der Waals surface area contributed by atoms with Crippen molar-refractivity contribution in [1.82, 2.24) is 9.97 Å². The lowest BCUT2D eigenvalue weighted by Crippen LogP contribution is -2.05. The van der Waals surface area contributed by atoms with Gasteiger partial charge in [-0.1, -0.05) is 6.07 Å². The highest BCUT2D eigenvalue weighted by Gasteiger charge is 2.09. The van der Waals surface area contributed by atoms with Gasteiger partial charge in [0, 0.05) is 18.4 Å². The molecular weight excluding hydrogens is 249 g/mol. The molecular formula is C13H14FN3S. The average molecular weight is 263 g/mol. The number of aryl methyl sites for hydroxylation is 1. The topological polar surface area (TPSA) is 51.8 Å². The molecule has 1 unspecified atom stereocenters. The van der Waals surface area contributed by atoms with Crippen LogP contribution in [0.25, 0.3) is 0 Å². The molecule has 3 nitrogen and oxygen atoms in total. The fourth-order valence-electron chi connectivity index (χ4n) is 1.41. The Balaban J connectivity index is 2.22. The molecule has 0 aliphatic carbocycles. The first-order valence-corrected chi connectivity index (χ1v) is 6.39. The second kappa shape index (κ2) is 5.46. The second-order valence-corrected chi connectivity index (χ2v) is 5.13. The molecule has 2 aromatic rings. The minimum absolute atomic E-state index is 0.172. The van der Waals surface area contributed by atoms with E-state index in [2.05, 4.69) is 9.97 Å². The third kappa shape index (κ3) is 3.05. The van der Waals surface area contributed by atoms with Crippen molar-refractivity contribution in [3.8, 4) is 0 Å². The number of aromatic nitrogens is 2. The van der Waals surface area contributed by atoms with Crippen molar-refractivity contribution < 1.29 is 4.39 Å². The zero-order valence-electron chi connectivity index (χ0n) is 10.2. The fourth-order valence-corrected chi connectivity index (χ4v) is 2.11. The Morgan fingerprint density at radius 3 is 2.50 bits per heavy atom. The van der Waals surface area contributed by atoms with Crippen LogP contribution in [0.2, 0.25) is 0 Å². The van der Waals surface area contributed by atoms with Crippen LogP contribution in [0, 0.1) is 12.7 Å². The van der Waals surface area contributed by atoms with E-state index in [-0.39, 0.29) is 11.9 Å².